The third-order valence-corrected chi connectivity index (χ3v) is 5.58. The lowest BCUT2D eigenvalue weighted by Gasteiger charge is -2.17. The normalized spacial score (nSPS) is 12.0. The van der Waals surface area contributed by atoms with Crippen LogP contribution < -0.4 is 5.32 Å². The molecule has 0 bridgehead atoms. The van der Waals surface area contributed by atoms with E-state index in [2.05, 4.69) is 12.2 Å². The lowest BCUT2D eigenvalue weighted by atomic mass is 10.2. The number of halogens is 1. The Hall–Kier alpha value is -0.620. The number of hydrogen-bond acceptors (Lipinski definition) is 3. The van der Waals surface area contributed by atoms with E-state index in [1.807, 2.05) is 6.92 Å². The fourth-order valence-electron chi connectivity index (χ4n) is 1.98. The van der Waals surface area contributed by atoms with Crippen molar-refractivity contribution in [2.75, 3.05) is 20.1 Å². The third kappa shape index (κ3) is 5.25. The zero-order chi connectivity index (χ0) is 15.9. The van der Waals surface area contributed by atoms with Gasteiger partial charge in [0.1, 0.15) is 0 Å². The molecule has 0 aliphatic carbocycles. The van der Waals surface area contributed by atoms with Crippen molar-refractivity contribution in [2.45, 2.75) is 44.6 Å². The number of unbranched alkanes of at least 4 members (excludes halogenated alkanes) is 2. The Bertz CT molecular complexity index is 547. The molecule has 0 spiro atoms. The van der Waals surface area contributed by atoms with E-state index in [0.717, 1.165) is 31.4 Å². The van der Waals surface area contributed by atoms with Gasteiger partial charge in [-0.2, -0.15) is 0 Å². The van der Waals surface area contributed by atoms with Crippen LogP contribution in [0, 0.1) is 0 Å². The van der Waals surface area contributed by atoms with E-state index in [-0.39, 0.29) is 4.90 Å². The second-order valence-electron chi connectivity index (χ2n) is 5.07. The van der Waals surface area contributed by atoms with Gasteiger partial charge in [-0.25, -0.2) is 12.7 Å². The van der Waals surface area contributed by atoms with Crippen LogP contribution >= 0.6 is 11.6 Å². The minimum absolute atomic E-state index is 0.256. The van der Waals surface area contributed by atoms with Crippen LogP contribution in [0.5, 0.6) is 0 Å². The Balaban J connectivity index is 2.85. The van der Waals surface area contributed by atoms with Crippen molar-refractivity contribution < 1.29 is 8.42 Å². The molecule has 0 unspecified atom stereocenters. The first-order valence-electron chi connectivity index (χ1n) is 7.39. The second kappa shape index (κ2) is 8.73. The van der Waals surface area contributed by atoms with Gasteiger partial charge in [-0.15, -0.1) is 0 Å². The highest BCUT2D eigenvalue weighted by Crippen LogP contribution is 2.23. The molecule has 1 rings (SSSR count). The summed E-state index contributed by atoms with van der Waals surface area (Å²) in [6.07, 6.45) is 2.97. The van der Waals surface area contributed by atoms with Crippen LogP contribution in [0.4, 0.5) is 0 Å². The van der Waals surface area contributed by atoms with E-state index >= 15 is 0 Å². The first kappa shape index (κ1) is 18.4. The molecule has 1 aromatic carbocycles. The summed E-state index contributed by atoms with van der Waals surface area (Å²) in [4.78, 5) is 0.256. The fourth-order valence-corrected chi connectivity index (χ4v) is 3.52. The van der Waals surface area contributed by atoms with Crippen LogP contribution in [-0.4, -0.2) is 32.9 Å². The molecule has 0 heterocycles. The van der Waals surface area contributed by atoms with Gasteiger partial charge in [-0.1, -0.05) is 44.4 Å². The minimum Gasteiger partial charge on any atom is -0.313 e. The number of benzene rings is 1. The van der Waals surface area contributed by atoms with Gasteiger partial charge < -0.3 is 5.32 Å². The van der Waals surface area contributed by atoms with Crippen molar-refractivity contribution in [1.82, 2.24) is 9.62 Å². The number of nitrogens with one attached hydrogen (secondary N) is 1. The van der Waals surface area contributed by atoms with Crippen molar-refractivity contribution in [3.8, 4) is 0 Å². The highest BCUT2D eigenvalue weighted by molar-refractivity contribution is 7.89. The minimum atomic E-state index is -3.45. The molecule has 0 saturated carbocycles. The number of nitrogens with zero attached hydrogens (tertiary/aromatic N) is 1. The molecule has 6 heteroatoms. The van der Waals surface area contributed by atoms with E-state index in [0.29, 0.717) is 18.1 Å². The van der Waals surface area contributed by atoms with E-state index in [1.54, 1.807) is 25.2 Å². The Morgan fingerprint density at radius 3 is 2.52 bits per heavy atom. The molecule has 0 atom stereocenters. The molecule has 1 aromatic rings. The summed E-state index contributed by atoms with van der Waals surface area (Å²) in [5.41, 5.74) is 0.908. The smallest absolute Gasteiger partial charge is 0.242 e. The van der Waals surface area contributed by atoms with E-state index in [4.69, 9.17) is 11.6 Å². The third-order valence-electron chi connectivity index (χ3n) is 3.37. The fraction of sp³-hybridized carbons (Fsp3) is 0.600. The molecule has 21 heavy (non-hydrogen) atoms. The number of sulfonamides is 1. The largest absolute Gasteiger partial charge is 0.313 e. The van der Waals surface area contributed by atoms with Crippen LogP contribution in [0.1, 0.15) is 38.7 Å². The summed E-state index contributed by atoms with van der Waals surface area (Å²) in [6.45, 7) is 6.13. The zero-order valence-corrected chi connectivity index (χ0v) is 14.6. The molecule has 0 aromatic heterocycles. The molecule has 0 fully saturated rings. The van der Waals surface area contributed by atoms with Gasteiger partial charge in [0.25, 0.3) is 0 Å². The van der Waals surface area contributed by atoms with Crippen LogP contribution in [0.2, 0.25) is 5.02 Å². The molecule has 0 aliphatic rings. The first-order valence-corrected chi connectivity index (χ1v) is 9.20. The highest BCUT2D eigenvalue weighted by atomic mass is 35.5. The summed E-state index contributed by atoms with van der Waals surface area (Å²) in [6, 6.07) is 4.95. The molecule has 0 radical (unpaired) electrons. The number of hydrogen-bond donors (Lipinski definition) is 1. The van der Waals surface area contributed by atoms with E-state index in [9.17, 15) is 8.42 Å². The van der Waals surface area contributed by atoms with Crippen molar-refractivity contribution in [3.63, 3.8) is 0 Å². The quantitative estimate of drug-likeness (QED) is 0.706. The molecular weight excluding hydrogens is 308 g/mol. The maximum atomic E-state index is 12.5. The number of rotatable bonds is 9. The van der Waals surface area contributed by atoms with Gasteiger partial charge >= 0.3 is 0 Å². The first-order chi connectivity index (χ1) is 9.93. The Morgan fingerprint density at radius 1 is 1.24 bits per heavy atom. The maximum Gasteiger partial charge on any atom is 0.242 e. The van der Waals surface area contributed by atoms with Crippen LogP contribution in [0.15, 0.2) is 23.1 Å². The van der Waals surface area contributed by atoms with Crippen LogP contribution in [0.3, 0.4) is 0 Å². The predicted molar refractivity (Wildman–Crippen MR) is 88.2 cm³/mol. The molecular formula is C15H25ClN2O2S. The van der Waals surface area contributed by atoms with Gasteiger partial charge in [0.2, 0.25) is 10.0 Å². The van der Waals surface area contributed by atoms with Crippen molar-refractivity contribution in [1.29, 1.82) is 0 Å². The molecule has 4 nitrogen and oxygen atoms in total. The summed E-state index contributed by atoms with van der Waals surface area (Å²) in [5.74, 6) is 0. The van der Waals surface area contributed by atoms with Gasteiger partial charge in [-0.05, 0) is 30.7 Å². The maximum absolute atomic E-state index is 12.5. The monoisotopic (exact) mass is 332 g/mol. The van der Waals surface area contributed by atoms with Crippen molar-refractivity contribution in [2.24, 2.45) is 0 Å². The second-order valence-corrected chi connectivity index (χ2v) is 7.52. The van der Waals surface area contributed by atoms with Gasteiger partial charge in [-0.3, -0.25) is 0 Å². The zero-order valence-electron chi connectivity index (χ0n) is 13.0. The van der Waals surface area contributed by atoms with Gasteiger partial charge in [0.05, 0.1) is 4.90 Å². The summed E-state index contributed by atoms with van der Waals surface area (Å²) >= 11 is 6.18. The topological polar surface area (TPSA) is 49.4 Å². The summed E-state index contributed by atoms with van der Waals surface area (Å²) < 4.78 is 26.3. The van der Waals surface area contributed by atoms with Gasteiger partial charge in [0.15, 0.2) is 0 Å². The summed E-state index contributed by atoms with van der Waals surface area (Å²) in [5, 5.41) is 3.66. The van der Waals surface area contributed by atoms with Crippen LogP contribution in [-0.2, 0) is 16.6 Å². The molecule has 120 valence electrons. The van der Waals surface area contributed by atoms with Crippen molar-refractivity contribution >= 4 is 21.6 Å². The molecule has 0 saturated heterocycles. The Labute approximate surface area is 133 Å². The predicted octanol–water partition coefficient (Wildman–Crippen LogP) is 3.26. The van der Waals surface area contributed by atoms with Crippen LogP contribution in [0.25, 0.3) is 0 Å². The SMILES string of the molecule is CCCCCN(C)S(=O)(=O)c1ccc(CNCC)c(Cl)c1. The van der Waals surface area contributed by atoms with E-state index < -0.39 is 10.0 Å². The highest BCUT2D eigenvalue weighted by Gasteiger charge is 2.21. The Kier molecular flexibility index (Phi) is 7.66. The van der Waals surface area contributed by atoms with Gasteiger partial charge in [0, 0.05) is 25.2 Å². The average molecular weight is 333 g/mol. The average Bonchev–Trinajstić information content (AvgIpc) is 2.46. The molecule has 0 amide bonds. The summed E-state index contributed by atoms with van der Waals surface area (Å²) in [7, 11) is -1.83. The molecule has 1 N–H and O–H groups in total. The molecule has 0 aliphatic heterocycles. The Morgan fingerprint density at radius 2 is 1.95 bits per heavy atom. The standard InChI is InChI=1S/C15H25ClN2O2S/c1-4-6-7-10-18(3)21(19,20)14-9-8-13(12-17-5-2)15(16)11-14/h8-9,11,17H,4-7,10,12H2,1-3H3. The lowest BCUT2D eigenvalue weighted by Crippen LogP contribution is -2.28. The lowest BCUT2D eigenvalue weighted by molar-refractivity contribution is 0.454. The van der Waals surface area contributed by atoms with Crippen molar-refractivity contribution in [3.05, 3.63) is 28.8 Å². The van der Waals surface area contributed by atoms with E-state index in [1.165, 1.54) is 4.31 Å².